The molecule has 6 heteroatoms. The third-order valence-corrected chi connectivity index (χ3v) is 3.95. The highest BCUT2D eigenvalue weighted by atomic mass is 19.1. The van der Waals surface area contributed by atoms with Gasteiger partial charge >= 0.3 is 5.97 Å². The van der Waals surface area contributed by atoms with E-state index in [4.69, 9.17) is 4.74 Å². The fraction of sp³-hybridized carbons (Fsp3) is 0.211. The van der Waals surface area contributed by atoms with Crippen molar-refractivity contribution in [3.05, 3.63) is 65.5 Å². The lowest BCUT2D eigenvalue weighted by molar-refractivity contribution is -0.117. The molecular formula is C19H16FNO4. The highest BCUT2D eigenvalue weighted by Gasteiger charge is 2.22. The van der Waals surface area contributed by atoms with Crippen LogP contribution in [0.2, 0.25) is 0 Å². The van der Waals surface area contributed by atoms with Crippen LogP contribution >= 0.6 is 0 Å². The highest BCUT2D eigenvalue weighted by Crippen LogP contribution is 2.22. The summed E-state index contributed by atoms with van der Waals surface area (Å²) in [6.45, 7) is 0.143. The fourth-order valence-electron chi connectivity index (χ4n) is 2.68. The molecule has 2 aromatic carbocycles. The average Bonchev–Trinajstić information content (AvgIpc) is 3.05. The topological polar surface area (TPSA) is 63.7 Å². The van der Waals surface area contributed by atoms with Gasteiger partial charge in [0.25, 0.3) is 0 Å². The number of ketones is 1. The molecule has 3 rings (SSSR count). The molecule has 25 heavy (non-hydrogen) atoms. The molecular weight excluding hydrogens is 325 g/mol. The lowest BCUT2D eigenvalue weighted by Crippen LogP contribution is -2.24. The summed E-state index contributed by atoms with van der Waals surface area (Å²) in [4.78, 5) is 37.5. The van der Waals surface area contributed by atoms with E-state index in [-0.39, 0.29) is 17.0 Å². The van der Waals surface area contributed by atoms with Crippen LogP contribution in [0, 0.1) is 5.82 Å². The Bertz CT molecular complexity index is 834. The van der Waals surface area contributed by atoms with Crippen LogP contribution in [0.4, 0.5) is 10.1 Å². The van der Waals surface area contributed by atoms with E-state index in [1.165, 1.54) is 18.2 Å². The lowest BCUT2D eigenvalue weighted by atomic mass is 10.1. The molecule has 1 aliphatic heterocycles. The molecule has 0 aromatic heterocycles. The van der Waals surface area contributed by atoms with E-state index < -0.39 is 24.2 Å². The van der Waals surface area contributed by atoms with Crippen molar-refractivity contribution in [1.82, 2.24) is 0 Å². The fourth-order valence-corrected chi connectivity index (χ4v) is 2.68. The van der Waals surface area contributed by atoms with Crippen LogP contribution in [0.5, 0.6) is 0 Å². The average molecular weight is 341 g/mol. The Labute approximate surface area is 144 Å². The zero-order valence-electron chi connectivity index (χ0n) is 13.4. The molecule has 2 aromatic rings. The van der Waals surface area contributed by atoms with Crippen molar-refractivity contribution in [1.29, 1.82) is 0 Å². The summed E-state index contributed by atoms with van der Waals surface area (Å²) < 4.78 is 18.1. The monoisotopic (exact) mass is 341 g/mol. The predicted octanol–water partition coefficient (Wildman–Crippen LogP) is 2.99. The van der Waals surface area contributed by atoms with Crippen molar-refractivity contribution in [2.45, 2.75) is 12.8 Å². The number of ether oxygens (including phenoxy) is 1. The second-order valence-corrected chi connectivity index (χ2v) is 5.71. The first-order valence-corrected chi connectivity index (χ1v) is 7.91. The largest absolute Gasteiger partial charge is 0.454 e. The minimum atomic E-state index is -0.668. The van der Waals surface area contributed by atoms with Gasteiger partial charge in [0, 0.05) is 24.2 Å². The number of anilines is 1. The molecule has 128 valence electrons. The summed E-state index contributed by atoms with van der Waals surface area (Å²) in [7, 11) is 0. The van der Waals surface area contributed by atoms with Gasteiger partial charge < -0.3 is 9.64 Å². The van der Waals surface area contributed by atoms with Crippen molar-refractivity contribution >= 4 is 23.3 Å². The maximum atomic E-state index is 13.1. The maximum absolute atomic E-state index is 13.1. The van der Waals surface area contributed by atoms with E-state index >= 15 is 0 Å². The van der Waals surface area contributed by atoms with Gasteiger partial charge in [-0.2, -0.15) is 0 Å². The second-order valence-electron chi connectivity index (χ2n) is 5.71. The first kappa shape index (κ1) is 16.8. The number of carbonyl (C=O) groups is 3. The van der Waals surface area contributed by atoms with Gasteiger partial charge in [0.15, 0.2) is 12.4 Å². The number of hydrogen-bond acceptors (Lipinski definition) is 4. The number of rotatable bonds is 5. The minimum absolute atomic E-state index is 0.0202. The third-order valence-electron chi connectivity index (χ3n) is 3.95. The Kier molecular flexibility index (Phi) is 4.88. The number of Topliss-reactive ketones (excluding diaryl/α,β-unsaturated/α-hetero) is 1. The van der Waals surface area contributed by atoms with E-state index in [1.54, 1.807) is 29.2 Å². The maximum Gasteiger partial charge on any atom is 0.338 e. The summed E-state index contributed by atoms with van der Waals surface area (Å²) in [6, 6.07) is 11.7. The van der Waals surface area contributed by atoms with Gasteiger partial charge in [-0.1, -0.05) is 18.2 Å². The number of esters is 1. The minimum Gasteiger partial charge on any atom is -0.454 e. The first-order valence-electron chi connectivity index (χ1n) is 7.91. The Balaban J connectivity index is 1.65. The number of benzene rings is 2. The standard InChI is InChI=1S/C19H16FNO4/c20-15-6-1-4-13(10-15)17(22)12-25-19(24)14-5-2-7-16(11-14)21-9-3-8-18(21)23/h1-2,4-7,10-11H,3,8-9,12H2. The van der Waals surface area contributed by atoms with Gasteiger partial charge in [-0.3, -0.25) is 9.59 Å². The van der Waals surface area contributed by atoms with Crippen LogP contribution in [0.25, 0.3) is 0 Å². The van der Waals surface area contributed by atoms with Crippen LogP contribution in [-0.2, 0) is 9.53 Å². The zero-order chi connectivity index (χ0) is 17.8. The van der Waals surface area contributed by atoms with Crippen molar-refractivity contribution in [3.8, 4) is 0 Å². The Morgan fingerprint density at radius 3 is 2.56 bits per heavy atom. The van der Waals surface area contributed by atoms with Crippen LogP contribution < -0.4 is 4.90 Å². The number of hydrogen-bond donors (Lipinski definition) is 0. The second kappa shape index (κ2) is 7.25. The van der Waals surface area contributed by atoms with Gasteiger partial charge in [-0.25, -0.2) is 9.18 Å². The van der Waals surface area contributed by atoms with Crippen LogP contribution in [-0.4, -0.2) is 30.8 Å². The third kappa shape index (κ3) is 3.91. The Hall–Kier alpha value is -3.02. The number of amides is 1. The smallest absolute Gasteiger partial charge is 0.338 e. The first-order chi connectivity index (χ1) is 12.0. The number of nitrogens with zero attached hydrogens (tertiary/aromatic N) is 1. The van der Waals surface area contributed by atoms with Gasteiger partial charge in [0.1, 0.15) is 5.82 Å². The predicted molar refractivity (Wildman–Crippen MR) is 89.0 cm³/mol. The lowest BCUT2D eigenvalue weighted by Gasteiger charge is -2.16. The number of halogens is 1. The molecule has 0 bridgehead atoms. The van der Waals surface area contributed by atoms with Crippen molar-refractivity contribution < 1.29 is 23.5 Å². The van der Waals surface area contributed by atoms with Crippen molar-refractivity contribution in [2.75, 3.05) is 18.1 Å². The molecule has 0 radical (unpaired) electrons. The SMILES string of the molecule is O=C(COC(=O)c1cccc(N2CCCC2=O)c1)c1cccc(F)c1. The molecule has 0 atom stereocenters. The molecule has 0 unspecified atom stereocenters. The van der Waals surface area contributed by atoms with Crippen LogP contribution in [0.3, 0.4) is 0 Å². The van der Waals surface area contributed by atoms with E-state index in [0.717, 1.165) is 12.5 Å². The van der Waals surface area contributed by atoms with Crippen molar-refractivity contribution in [2.24, 2.45) is 0 Å². The van der Waals surface area contributed by atoms with Crippen LogP contribution in [0.15, 0.2) is 48.5 Å². The molecule has 1 fully saturated rings. The Morgan fingerprint density at radius 1 is 1.08 bits per heavy atom. The summed E-state index contributed by atoms with van der Waals surface area (Å²) in [5.41, 5.74) is 1.03. The normalized spacial score (nSPS) is 13.8. The highest BCUT2D eigenvalue weighted by molar-refractivity contribution is 6.00. The summed E-state index contributed by atoms with van der Waals surface area (Å²) in [5, 5.41) is 0. The zero-order valence-corrected chi connectivity index (χ0v) is 13.4. The molecule has 1 amide bonds. The van der Waals surface area contributed by atoms with E-state index in [1.807, 2.05) is 0 Å². The van der Waals surface area contributed by atoms with Gasteiger partial charge in [0.05, 0.1) is 5.56 Å². The molecule has 0 saturated carbocycles. The quantitative estimate of drug-likeness (QED) is 0.619. The molecule has 1 saturated heterocycles. The molecule has 0 N–H and O–H groups in total. The molecule has 1 aliphatic rings. The van der Waals surface area contributed by atoms with E-state index in [2.05, 4.69) is 0 Å². The molecule has 0 aliphatic carbocycles. The Morgan fingerprint density at radius 2 is 1.84 bits per heavy atom. The molecule has 5 nitrogen and oxygen atoms in total. The summed E-state index contributed by atoms with van der Waals surface area (Å²) in [5.74, 6) is -1.66. The number of carbonyl (C=O) groups excluding carboxylic acids is 3. The molecule has 1 heterocycles. The summed E-state index contributed by atoms with van der Waals surface area (Å²) >= 11 is 0. The summed E-state index contributed by atoms with van der Waals surface area (Å²) in [6.07, 6.45) is 1.28. The van der Waals surface area contributed by atoms with E-state index in [0.29, 0.717) is 18.7 Å². The van der Waals surface area contributed by atoms with Gasteiger partial charge in [-0.15, -0.1) is 0 Å². The van der Waals surface area contributed by atoms with Gasteiger partial charge in [-0.05, 0) is 36.8 Å². The van der Waals surface area contributed by atoms with Crippen LogP contribution in [0.1, 0.15) is 33.6 Å². The van der Waals surface area contributed by atoms with Crippen molar-refractivity contribution in [3.63, 3.8) is 0 Å². The van der Waals surface area contributed by atoms with Gasteiger partial charge in [0.2, 0.25) is 5.91 Å². The molecule has 0 spiro atoms. The van der Waals surface area contributed by atoms with E-state index in [9.17, 15) is 18.8 Å².